The summed E-state index contributed by atoms with van der Waals surface area (Å²) in [5, 5.41) is 1.48. The second-order valence-electron chi connectivity index (χ2n) is 6.61. The highest BCUT2D eigenvalue weighted by atomic mass is 35.5. The fraction of sp³-hybridized carbons (Fsp3) is 0.273. The maximum Gasteiger partial charge on any atom is 0.416 e. The van der Waals surface area contributed by atoms with E-state index in [1.807, 2.05) is 0 Å². The predicted octanol–water partition coefficient (Wildman–Crippen LogP) is 4.81. The van der Waals surface area contributed by atoms with E-state index in [1.54, 1.807) is 0 Å². The normalized spacial score (nSPS) is 10.5. The summed E-state index contributed by atoms with van der Waals surface area (Å²) in [6, 6.07) is 8.70. The van der Waals surface area contributed by atoms with Gasteiger partial charge in [0.2, 0.25) is 11.1 Å². The van der Waals surface area contributed by atoms with E-state index >= 15 is 0 Å². The van der Waals surface area contributed by atoms with Gasteiger partial charge < -0.3 is 20.5 Å². The van der Waals surface area contributed by atoms with Crippen molar-refractivity contribution < 1.29 is 55.0 Å². The van der Waals surface area contributed by atoms with Gasteiger partial charge in [-0.3, -0.25) is 19.2 Å². The molecule has 0 atom stereocenters. The molecule has 0 bridgehead atoms. The van der Waals surface area contributed by atoms with Gasteiger partial charge in [-0.1, -0.05) is 12.1 Å². The first-order valence-corrected chi connectivity index (χ1v) is 10.1. The summed E-state index contributed by atoms with van der Waals surface area (Å²) in [5.74, 6) is -2.11. The second kappa shape index (κ2) is 15.3. The lowest BCUT2D eigenvalue weighted by Crippen LogP contribution is -2.17. The lowest BCUT2D eigenvalue weighted by molar-refractivity contribution is -0.144. The molecule has 8 nitrogen and oxygen atoms in total. The Bertz CT molecular complexity index is 1080. The standard InChI is InChI=1S/C11H10F3NO3.C7H6F3N.C4H5ClO3/c1-18-10(17)6-9(16)15-8-4-2-3-7(5-8)11(12,13)14;8-7(9,10)5-2-1-3-6(11)4-5;1-8-4(7)2-3(5)6/h2-5H,6H2,1H3,(H,15,16);1-4H,11H2;2H2,1H3. The zero-order valence-corrected chi connectivity index (χ0v) is 20.0. The molecule has 0 unspecified atom stereocenters. The number of nitrogen functional groups attached to an aromatic ring is 1. The number of ether oxygens (including phenoxy) is 2. The zero-order valence-electron chi connectivity index (χ0n) is 19.2. The van der Waals surface area contributed by atoms with Crippen LogP contribution < -0.4 is 11.1 Å². The SMILES string of the molecule is COC(=O)CC(=O)Cl.COC(=O)CC(=O)Nc1cccc(C(F)(F)F)c1.Nc1cccc(C(F)(F)F)c1. The van der Waals surface area contributed by atoms with Crippen molar-refractivity contribution in [3.8, 4) is 0 Å². The summed E-state index contributed by atoms with van der Waals surface area (Å²) in [4.78, 5) is 42.0. The van der Waals surface area contributed by atoms with Gasteiger partial charge in [-0.15, -0.1) is 0 Å². The molecule has 0 heterocycles. The molecule has 0 aliphatic rings. The molecule has 3 N–H and O–H groups in total. The maximum atomic E-state index is 12.4. The number of esters is 2. The van der Waals surface area contributed by atoms with Crippen LogP contribution in [0.1, 0.15) is 24.0 Å². The van der Waals surface area contributed by atoms with E-state index in [0.717, 1.165) is 37.4 Å². The predicted molar refractivity (Wildman–Crippen MR) is 120 cm³/mol. The van der Waals surface area contributed by atoms with Crippen LogP contribution in [0.25, 0.3) is 0 Å². The molecule has 37 heavy (non-hydrogen) atoms. The summed E-state index contributed by atoms with van der Waals surface area (Å²) in [7, 11) is 2.31. The molecular weight excluding hydrogens is 538 g/mol. The topological polar surface area (TPSA) is 125 Å². The average molecular weight is 559 g/mol. The number of anilines is 2. The van der Waals surface area contributed by atoms with Gasteiger partial charge in [0.25, 0.3) is 0 Å². The number of carbonyl (C=O) groups excluding carboxylic acids is 4. The number of nitrogens with one attached hydrogen (secondary N) is 1. The Kier molecular flexibility index (Phi) is 13.8. The highest BCUT2D eigenvalue weighted by Crippen LogP contribution is 2.31. The van der Waals surface area contributed by atoms with Gasteiger partial charge in [0.15, 0.2) is 0 Å². The van der Waals surface area contributed by atoms with Gasteiger partial charge in [0, 0.05) is 11.4 Å². The largest absolute Gasteiger partial charge is 0.469 e. The highest BCUT2D eigenvalue weighted by Gasteiger charge is 2.31. The first-order valence-electron chi connectivity index (χ1n) is 9.71. The molecule has 0 saturated carbocycles. The molecule has 0 aromatic heterocycles. The van der Waals surface area contributed by atoms with Crippen molar-refractivity contribution >= 4 is 46.1 Å². The van der Waals surface area contributed by atoms with Crippen molar-refractivity contribution in [1.29, 1.82) is 0 Å². The Balaban J connectivity index is 0.000000580. The quantitative estimate of drug-likeness (QED) is 0.177. The Hall–Kier alpha value is -3.81. The van der Waals surface area contributed by atoms with Crippen molar-refractivity contribution in [2.45, 2.75) is 25.2 Å². The third kappa shape index (κ3) is 15.0. The second-order valence-corrected chi connectivity index (χ2v) is 7.03. The number of amides is 1. The minimum Gasteiger partial charge on any atom is -0.469 e. The molecule has 2 aromatic carbocycles. The Labute approximate surface area is 211 Å². The van der Waals surface area contributed by atoms with Crippen LogP contribution in [-0.4, -0.2) is 37.3 Å². The van der Waals surface area contributed by atoms with Crippen LogP contribution in [0.15, 0.2) is 48.5 Å². The number of halogens is 7. The van der Waals surface area contributed by atoms with Crippen LogP contribution in [0, 0.1) is 0 Å². The molecule has 0 spiro atoms. The fourth-order valence-corrected chi connectivity index (χ4v) is 2.19. The first-order chi connectivity index (χ1) is 17.0. The van der Waals surface area contributed by atoms with Crippen molar-refractivity contribution in [3.05, 3.63) is 59.7 Å². The number of nitrogens with two attached hydrogens (primary N) is 1. The lowest BCUT2D eigenvalue weighted by Gasteiger charge is -2.09. The maximum absolute atomic E-state index is 12.4. The molecule has 204 valence electrons. The van der Waals surface area contributed by atoms with E-state index in [4.69, 9.17) is 17.3 Å². The summed E-state index contributed by atoms with van der Waals surface area (Å²) in [6.45, 7) is 0. The van der Waals surface area contributed by atoms with E-state index in [1.165, 1.54) is 25.3 Å². The van der Waals surface area contributed by atoms with E-state index in [0.29, 0.717) is 0 Å². The number of methoxy groups -OCH3 is 2. The Morgan fingerprint density at radius 2 is 1.27 bits per heavy atom. The van der Waals surface area contributed by atoms with Crippen LogP contribution in [0.2, 0.25) is 0 Å². The van der Waals surface area contributed by atoms with Crippen molar-refractivity contribution in [2.75, 3.05) is 25.3 Å². The molecule has 0 fully saturated rings. The highest BCUT2D eigenvalue weighted by molar-refractivity contribution is 6.64. The third-order valence-electron chi connectivity index (χ3n) is 3.73. The Morgan fingerprint density at radius 1 is 0.811 bits per heavy atom. The van der Waals surface area contributed by atoms with E-state index < -0.39 is 53.0 Å². The van der Waals surface area contributed by atoms with Gasteiger partial charge >= 0.3 is 24.3 Å². The number of benzene rings is 2. The van der Waals surface area contributed by atoms with E-state index in [9.17, 15) is 45.5 Å². The number of hydrogen-bond acceptors (Lipinski definition) is 7. The molecule has 1 amide bonds. The summed E-state index contributed by atoms with van der Waals surface area (Å²) >= 11 is 4.81. The van der Waals surface area contributed by atoms with Gasteiger partial charge in [-0.05, 0) is 48.0 Å². The molecule has 0 saturated heterocycles. The molecule has 0 aliphatic heterocycles. The summed E-state index contributed by atoms with van der Waals surface area (Å²) in [6.07, 6.45) is -9.68. The average Bonchev–Trinajstić information content (AvgIpc) is 2.78. The van der Waals surface area contributed by atoms with Crippen molar-refractivity contribution in [3.63, 3.8) is 0 Å². The van der Waals surface area contributed by atoms with E-state index in [-0.39, 0.29) is 17.8 Å². The zero-order chi connectivity index (χ0) is 28.8. The number of hydrogen-bond donors (Lipinski definition) is 2. The molecule has 0 radical (unpaired) electrons. The van der Waals surface area contributed by atoms with Crippen LogP contribution in [0.4, 0.5) is 37.7 Å². The lowest BCUT2D eigenvalue weighted by atomic mass is 10.2. The number of alkyl halides is 6. The van der Waals surface area contributed by atoms with Gasteiger partial charge in [-0.2, -0.15) is 26.3 Å². The third-order valence-corrected chi connectivity index (χ3v) is 3.86. The van der Waals surface area contributed by atoms with Crippen molar-refractivity contribution in [2.24, 2.45) is 0 Å². The van der Waals surface area contributed by atoms with Gasteiger partial charge in [-0.25, -0.2) is 0 Å². The minimum atomic E-state index is -4.48. The smallest absolute Gasteiger partial charge is 0.416 e. The van der Waals surface area contributed by atoms with Gasteiger partial charge in [0.05, 0.1) is 25.3 Å². The molecule has 2 rings (SSSR count). The van der Waals surface area contributed by atoms with Crippen molar-refractivity contribution in [1.82, 2.24) is 0 Å². The number of rotatable bonds is 5. The van der Waals surface area contributed by atoms with Crippen LogP contribution in [0.5, 0.6) is 0 Å². The minimum absolute atomic E-state index is 0.0290. The van der Waals surface area contributed by atoms with Crippen LogP contribution in [-0.2, 0) is 41.0 Å². The first kappa shape index (κ1) is 33.2. The van der Waals surface area contributed by atoms with E-state index in [2.05, 4.69) is 14.8 Å². The molecule has 2 aromatic rings. The molecule has 15 heteroatoms. The van der Waals surface area contributed by atoms with Crippen LogP contribution in [0.3, 0.4) is 0 Å². The molecular formula is C22H21ClF6N2O6. The number of carbonyl (C=O) groups is 4. The fourth-order valence-electron chi connectivity index (χ4n) is 2.08. The Morgan fingerprint density at radius 3 is 1.65 bits per heavy atom. The van der Waals surface area contributed by atoms with Gasteiger partial charge in [0.1, 0.15) is 12.8 Å². The molecule has 0 aliphatic carbocycles. The summed E-state index contributed by atoms with van der Waals surface area (Å²) in [5.41, 5.74) is 3.66. The van der Waals surface area contributed by atoms with Crippen LogP contribution >= 0.6 is 11.6 Å². The summed E-state index contributed by atoms with van der Waals surface area (Å²) < 4.78 is 81.3. The monoisotopic (exact) mass is 558 g/mol.